The summed E-state index contributed by atoms with van der Waals surface area (Å²) in [5.41, 5.74) is 1.62. The molecule has 7 rings (SSSR count). The molecule has 3 aliphatic rings. The zero-order valence-electron chi connectivity index (χ0n) is 24.2. The Bertz CT molecular complexity index is 1660. The highest BCUT2D eigenvalue weighted by molar-refractivity contribution is 5.90. The van der Waals surface area contributed by atoms with Crippen molar-refractivity contribution in [2.45, 2.75) is 75.4 Å². The predicted octanol–water partition coefficient (Wildman–Crippen LogP) is 5.05. The summed E-state index contributed by atoms with van der Waals surface area (Å²) in [5.74, 6) is 0.678. The van der Waals surface area contributed by atoms with E-state index in [1.54, 1.807) is 12.3 Å². The van der Waals surface area contributed by atoms with E-state index in [0.29, 0.717) is 43.6 Å². The number of nitrogens with one attached hydrogen (secondary N) is 2. The molecule has 13 heteroatoms. The highest BCUT2D eigenvalue weighted by atomic mass is 19.4. The maximum atomic E-state index is 13.6. The Balaban J connectivity index is 0.971. The van der Waals surface area contributed by atoms with Crippen molar-refractivity contribution in [3.63, 3.8) is 0 Å². The number of likely N-dealkylation sites (tertiary alicyclic amines) is 1. The summed E-state index contributed by atoms with van der Waals surface area (Å²) in [6, 6.07) is 7.35. The van der Waals surface area contributed by atoms with Crippen LogP contribution < -0.4 is 10.1 Å². The largest absolute Gasteiger partial charge is 0.474 e. The first-order valence-corrected chi connectivity index (χ1v) is 15.2. The first-order chi connectivity index (χ1) is 21.3. The fourth-order valence-electron chi connectivity index (χ4n) is 6.57. The average Bonchev–Trinajstić information content (AvgIpc) is 3.45. The molecule has 0 bridgehead atoms. The lowest BCUT2D eigenvalue weighted by Crippen LogP contribution is -2.65. The van der Waals surface area contributed by atoms with Gasteiger partial charge in [-0.1, -0.05) is 0 Å². The van der Waals surface area contributed by atoms with Crippen LogP contribution in [0.25, 0.3) is 22.3 Å². The molecule has 1 aliphatic heterocycles. The number of ether oxygens (including phenoxy) is 1. The van der Waals surface area contributed by atoms with Gasteiger partial charge in [0, 0.05) is 55.1 Å². The fraction of sp³-hybridized carbons (Fsp3) is 0.516. The Morgan fingerprint density at radius 1 is 1.11 bits per heavy atom. The Morgan fingerprint density at radius 3 is 2.68 bits per heavy atom. The highest BCUT2D eigenvalue weighted by Gasteiger charge is 2.48. The summed E-state index contributed by atoms with van der Waals surface area (Å²) in [7, 11) is 0. The average molecular weight is 606 g/mol. The van der Waals surface area contributed by atoms with E-state index < -0.39 is 17.4 Å². The SMILES string of the molecule is N#CCC1(n2cc(-c3ncnc4[nH]ccc34)cn2)CN(C2CCC(Oc3cc(CNCC4CC4)cc(C(F)(F)F)n3)CC2)C1. The van der Waals surface area contributed by atoms with Crippen LogP contribution >= 0.6 is 0 Å². The lowest BCUT2D eigenvalue weighted by molar-refractivity contribution is -0.141. The molecular formula is C31H34F3N9O. The van der Waals surface area contributed by atoms with Gasteiger partial charge < -0.3 is 15.0 Å². The molecule has 10 nitrogen and oxygen atoms in total. The summed E-state index contributed by atoms with van der Waals surface area (Å²) in [4.78, 5) is 18.0. The second-order valence-electron chi connectivity index (χ2n) is 12.4. The normalized spacial score (nSPS) is 22.0. The van der Waals surface area contributed by atoms with Crippen LogP contribution in [0.3, 0.4) is 0 Å². The van der Waals surface area contributed by atoms with Gasteiger partial charge in [-0.15, -0.1) is 0 Å². The summed E-state index contributed by atoms with van der Waals surface area (Å²) >= 11 is 0. The van der Waals surface area contributed by atoms with E-state index in [2.05, 4.69) is 41.3 Å². The van der Waals surface area contributed by atoms with E-state index in [1.807, 2.05) is 23.1 Å². The van der Waals surface area contributed by atoms with E-state index in [-0.39, 0.29) is 12.0 Å². The van der Waals surface area contributed by atoms with Crippen LogP contribution in [0.4, 0.5) is 13.2 Å². The molecule has 0 atom stereocenters. The van der Waals surface area contributed by atoms with Crippen molar-refractivity contribution >= 4 is 11.0 Å². The molecule has 2 saturated carbocycles. The number of halogens is 3. The highest BCUT2D eigenvalue weighted by Crippen LogP contribution is 2.39. The van der Waals surface area contributed by atoms with Crippen LogP contribution in [0.5, 0.6) is 5.88 Å². The van der Waals surface area contributed by atoms with Crippen molar-refractivity contribution in [3.8, 4) is 23.2 Å². The van der Waals surface area contributed by atoms with Crippen LogP contribution in [0.1, 0.15) is 56.2 Å². The minimum Gasteiger partial charge on any atom is -0.474 e. The number of aromatic nitrogens is 6. The molecule has 0 unspecified atom stereocenters. The molecule has 2 N–H and O–H groups in total. The van der Waals surface area contributed by atoms with Crippen LogP contribution in [0.2, 0.25) is 0 Å². The molecule has 0 aromatic carbocycles. The smallest absolute Gasteiger partial charge is 0.433 e. The predicted molar refractivity (Wildman–Crippen MR) is 155 cm³/mol. The number of hydrogen-bond donors (Lipinski definition) is 2. The molecule has 1 saturated heterocycles. The van der Waals surface area contributed by atoms with Gasteiger partial charge in [-0.3, -0.25) is 9.58 Å². The number of H-pyrrole nitrogens is 1. The van der Waals surface area contributed by atoms with Crippen molar-refractivity contribution in [1.29, 1.82) is 5.26 Å². The summed E-state index contributed by atoms with van der Waals surface area (Å²) in [6.07, 6.45) is 8.25. The monoisotopic (exact) mass is 605 g/mol. The topological polar surface area (TPSA) is 121 Å². The number of hydrogen-bond acceptors (Lipinski definition) is 8. The van der Waals surface area contributed by atoms with Gasteiger partial charge in [-0.2, -0.15) is 23.5 Å². The molecule has 2 aliphatic carbocycles. The Labute approximate surface area is 252 Å². The minimum absolute atomic E-state index is 0.0403. The fourth-order valence-corrected chi connectivity index (χ4v) is 6.57. The van der Waals surface area contributed by atoms with Crippen molar-refractivity contribution in [2.75, 3.05) is 19.6 Å². The van der Waals surface area contributed by atoms with Gasteiger partial charge in [0.15, 0.2) is 0 Å². The Hall–Kier alpha value is -4.02. The van der Waals surface area contributed by atoms with Gasteiger partial charge in [-0.05, 0) is 68.7 Å². The van der Waals surface area contributed by atoms with Gasteiger partial charge >= 0.3 is 6.18 Å². The number of nitrogens with zero attached hydrogens (tertiary/aromatic N) is 7. The standard InChI is InChI=1S/C31H34F3N9O/c32-31(33,34)26-11-21(14-36-13-20-1-2-20)12-27(41-26)44-24-5-3-23(4-6-24)42-17-30(18-42,8-9-35)43-16-22(15-40-43)28-25-7-10-37-29(25)39-19-38-28/h7,10-12,15-16,19-20,23-24,36H,1-6,8,13-14,17-18H2,(H,37,38,39). The number of nitriles is 1. The van der Waals surface area contributed by atoms with Gasteiger partial charge in [0.2, 0.25) is 5.88 Å². The molecule has 0 spiro atoms. The van der Waals surface area contributed by atoms with Gasteiger partial charge in [0.1, 0.15) is 29.3 Å². The first-order valence-electron chi connectivity index (χ1n) is 15.2. The quantitative estimate of drug-likeness (QED) is 0.258. The Morgan fingerprint density at radius 2 is 1.93 bits per heavy atom. The molecule has 0 amide bonds. The Kier molecular flexibility index (Phi) is 7.50. The summed E-state index contributed by atoms with van der Waals surface area (Å²) < 4.78 is 48.7. The zero-order valence-corrected chi connectivity index (χ0v) is 24.2. The van der Waals surface area contributed by atoms with E-state index >= 15 is 0 Å². The maximum Gasteiger partial charge on any atom is 0.433 e. The maximum absolute atomic E-state index is 13.6. The third-order valence-corrected chi connectivity index (χ3v) is 9.16. The summed E-state index contributed by atoms with van der Waals surface area (Å²) in [5, 5.41) is 18.5. The van der Waals surface area contributed by atoms with E-state index in [0.717, 1.165) is 60.6 Å². The molecule has 3 fully saturated rings. The molecule has 5 heterocycles. The minimum atomic E-state index is -4.53. The third-order valence-electron chi connectivity index (χ3n) is 9.16. The second-order valence-corrected chi connectivity index (χ2v) is 12.4. The first kappa shape index (κ1) is 28.7. The molecule has 0 radical (unpaired) electrons. The molecule has 230 valence electrons. The van der Waals surface area contributed by atoms with Gasteiger partial charge in [0.05, 0.1) is 24.4 Å². The lowest BCUT2D eigenvalue weighted by atomic mass is 9.82. The van der Waals surface area contributed by atoms with Crippen molar-refractivity contribution < 1.29 is 17.9 Å². The van der Waals surface area contributed by atoms with Crippen LogP contribution in [-0.2, 0) is 18.3 Å². The molecule has 4 aromatic heterocycles. The molecule has 4 aromatic rings. The van der Waals surface area contributed by atoms with Crippen LogP contribution in [0, 0.1) is 17.2 Å². The van der Waals surface area contributed by atoms with Crippen molar-refractivity contribution in [1.82, 2.24) is 39.9 Å². The van der Waals surface area contributed by atoms with Gasteiger partial charge in [0.25, 0.3) is 0 Å². The third kappa shape index (κ3) is 5.88. The van der Waals surface area contributed by atoms with Crippen LogP contribution in [0.15, 0.2) is 43.1 Å². The zero-order chi connectivity index (χ0) is 30.3. The van der Waals surface area contributed by atoms with Crippen molar-refractivity contribution in [3.05, 3.63) is 54.4 Å². The lowest BCUT2D eigenvalue weighted by Gasteiger charge is -2.53. The summed E-state index contributed by atoms with van der Waals surface area (Å²) in [6.45, 7) is 2.58. The van der Waals surface area contributed by atoms with E-state index in [9.17, 15) is 18.4 Å². The number of pyridine rings is 1. The van der Waals surface area contributed by atoms with Crippen LogP contribution in [-0.4, -0.2) is 66.4 Å². The van der Waals surface area contributed by atoms with E-state index in [1.165, 1.54) is 19.2 Å². The second kappa shape index (κ2) is 11.5. The van der Waals surface area contributed by atoms with Gasteiger partial charge in [-0.25, -0.2) is 15.0 Å². The number of fused-ring (bicyclic) bond motifs is 1. The number of alkyl halides is 3. The van der Waals surface area contributed by atoms with E-state index in [4.69, 9.17) is 4.74 Å². The van der Waals surface area contributed by atoms with Crippen molar-refractivity contribution in [2.24, 2.45) is 5.92 Å². The molecular weight excluding hydrogens is 571 g/mol. The number of aromatic amines is 1. The molecule has 44 heavy (non-hydrogen) atoms. The number of rotatable bonds is 10.